The zero-order valence-corrected chi connectivity index (χ0v) is 10.6. The van der Waals surface area contributed by atoms with E-state index in [4.69, 9.17) is 5.26 Å². The van der Waals surface area contributed by atoms with Crippen molar-refractivity contribution in [3.05, 3.63) is 29.2 Å². The largest absolute Gasteiger partial charge is 0.331 e. The van der Waals surface area contributed by atoms with Crippen LogP contribution in [0, 0.1) is 11.3 Å². The van der Waals surface area contributed by atoms with Gasteiger partial charge in [-0.2, -0.15) is 5.26 Å². The third kappa shape index (κ3) is 2.27. The van der Waals surface area contributed by atoms with Gasteiger partial charge in [0.15, 0.2) is 11.5 Å². The number of amides is 1. The third-order valence-corrected chi connectivity index (χ3v) is 3.41. The van der Waals surface area contributed by atoms with Crippen molar-refractivity contribution >= 4 is 17.3 Å². The first-order valence-corrected chi connectivity index (χ1v) is 6.11. The Balaban J connectivity index is 2.02. The lowest BCUT2D eigenvalue weighted by Crippen LogP contribution is -2.27. The number of nitrogens with one attached hydrogen (secondary N) is 1. The molecule has 8 heteroatoms. The van der Waals surface area contributed by atoms with Crippen LogP contribution in [0.4, 0.5) is 8.78 Å². The number of aromatic nitrogens is 2. The second kappa shape index (κ2) is 4.41. The molecule has 0 saturated heterocycles. The summed E-state index contributed by atoms with van der Waals surface area (Å²) in [7, 11) is 0. The number of nitriles is 1. The van der Waals surface area contributed by atoms with Crippen LogP contribution in [0.1, 0.15) is 35.7 Å². The summed E-state index contributed by atoms with van der Waals surface area (Å²) in [4.78, 5) is 22.8. The van der Waals surface area contributed by atoms with Gasteiger partial charge < -0.3 is 5.32 Å². The molecule has 1 saturated carbocycles. The van der Waals surface area contributed by atoms with Crippen molar-refractivity contribution in [2.45, 2.75) is 24.7 Å². The van der Waals surface area contributed by atoms with Gasteiger partial charge in [0.2, 0.25) is 5.91 Å². The van der Waals surface area contributed by atoms with Crippen molar-refractivity contribution < 1.29 is 18.4 Å². The van der Waals surface area contributed by atoms with E-state index < -0.39 is 23.5 Å². The Kier molecular flexibility index (Phi) is 2.79. The second-order valence-electron chi connectivity index (χ2n) is 4.89. The number of Topliss-reactive ketones (excluding diaryl/α,β-unsaturated/α-hetero) is 1. The first kappa shape index (κ1) is 13.3. The highest BCUT2D eigenvalue weighted by Gasteiger charge is 2.58. The molecule has 1 aliphatic heterocycles. The van der Waals surface area contributed by atoms with Crippen molar-refractivity contribution in [2.75, 3.05) is 0 Å². The van der Waals surface area contributed by atoms with Crippen molar-refractivity contribution in [1.82, 2.24) is 15.5 Å². The molecule has 2 heterocycles. The van der Waals surface area contributed by atoms with E-state index in [2.05, 4.69) is 15.5 Å². The van der Waals surface area contributed by atoms with Crippen molar-refractivity contribution in [3.8, 4) is 6.07 Å². The van der Waals surface area contributed by atoms with E-state index in [1.165, 1.54) is 12.3 Å². The molecule has 0 unspecified atom stereocenters. The number of nitrogens with zero attached hydrogens (tertiary/aromatic N) is 3. The van der Waals surface area contributed by atoms with E-state index in [1.54, 1.807) is 6.07 Å². The molecular formula is C13H8F2N4O2. The first-order valence-electron chi connectivity index (χ1n) is 6.11. The Morgan fingerprint density at radius 1 is 1.38 bits per heavy atom. The molecule has 2 aliphatic rings. The van der Waals surface area contributed by atoms with Crippen LogP contribution in [0.2, 0.25) is 0 Å². The minimum atomic E-state index is -2.86. The summed E-state index contributed by atoms with van der Waals surface area (Å²) in [6, 6.07) is 3.00. The quantitative estimate of drug-likeness (QED) is 0.816. The van der Waals surface area contributed by atoms with E-state index in [0.29, 0.717) is 0 Å². The number of hydrogen-bond acceptors (Lipinski definition) is 5. The predicted molar refractivity (Wildman–Crippen MR) is 64.8 cm³/mol. The zero-order valence-electron chi connectivity index (χ0n) is 10.6. The molecule has 6 nitrogen and oxygen atoms in total. The number of hydrogen-bond donors (Lipinski definition) is 1. The van der Waals surface area contributed by atoms with Crippen LogP contribution in [-0.2, 0) is 9.59 Å². The van der Waals surface area contributed by atoms with E-state index >= 15 is 0 Å². The van der Waals surface area contributed by atoms with Crippen LogP contribution in [0.3, 0.4) is 0 Å². The minimum Gasteiger partial charge on any atom is -0.331 e. The second-order valence-corrected chi connectivity index (χ2v) is 4.89. The monoisotopic (exact) mass is 290 g/mol. The molecular weight excluding hydrogens is 282 g/mol. The summed E-state index contributed by atoms with van der Waals surface area (Å²) in [5, 5.41) is 18.6. The van der Waals surface area contributed by atoms with E-state index in [0.717, 1.165) is 0 Å². The molecule has 0 spiro atoms. The van der Waals surface area contributed by atoms with Gasteiger partial charge in [0.1, 0.15) is 6.07 Å². The molecule has 1 aromatic rings. The third-order valence-electron chi connectivity index (χ3n) is 3.41. The normalized spacial score (nSPS) is 23.1. The molecule has 106 valence electrons. The number of ketones is 1. The highest BCUT2D eigenvalue weighted by Crippen LogP contribution is 2.56. The van der Waals surface area contributed by atoms with Crippen molar-refractivity contribution in [3.63, 3.8) is 0 Å². The highest BCUT2D eigenvalue weighted by molar-refractivity contribution is 6.27. The average Bonchev–Trinajstić information content (AvgIpc) is 3.07. The maximum atomic E-state index is 13.2. The van der Waals surface area contributed by atoms with E-state index in [-0.39, 0.29) is 35.4 Å². The molecule has 1 aliphatic carbocycles. The minimum absolute atomic E-state index is 0.0803. The summed E-state index contributed by atoms with van der Waals surface area (Å²) in [6.07, 6.45) is 0.498. The maximum Gasteiger partial charge on any atom is 0.256 e. The molecule has 21 heavy (non-hydrogen) atoms. The number of carbonyl (C=O) groups excluding carboxylic acids is 2. The van der Waals surface area contributed by atoms with Crippen LogP contribution < -0.4 is 5.32 Å². The molecule has 1 atom stereocenters. The van der Waals surface area contributed by atoms with Gasteiger partial charge in [0.05, 0.1) is 23.6 Å². The van der Waals surface area contributed by atoms with Gasteiger partial charge in [-0.15, -0.1) is 10.2 Å². The Morgan fingerprint density at radius 3 is 2.67 bits per heavy atom. The Hall–Kier alpha value is -2.69. The van der Waals surface area contributed by atoms with E-state index in [1.807, 2.05) is 0 Å². The molecule has 0 radical (unpaired) electrons. The zero-order chi connectivity index (χ0) is 15.2. The first-order chi connectivity index (χ1) is 9.92. The number of alkyl halides is 2. The molecule has 1 aromatic heterocycles. The van der Waals surface area contributed by atoms with Gasteiger partial charge in [-0.3, -0.25) is 9.59 Å². The molecule has 1 fully saturated rings. The number of allylic oxidation sites excluding steroid dienone is 1. The van der Waals surface area contributed by atoms with Crippen LogP contribution in [0.5, 0.6) is 0 Å². The standard InChI is InChI=1S/C13H8F2N4O2/c14-13(15)3-8(13)6-1-9(18-19-10(6)4-16)7-5-17-12(21)2-11(7)20/h1,5,8H,2-3H2,(H,17,21)/t8-/m0/s1. The summed E-state index contributed by atoms with van der Waals surface area (Å²) < 4.78 is 26.4. The van der Waals surface area contributed by atoms with Gasteiger partial charge in [0, 0.05) is 18.2 Å². The fourth-order valence-corrected chi connectivity index (χ4v) is 2.18. The number of carbonyl (C=O) groups is 2. The Bertz CT molecular complexity index is 736. The van der Waals surface area contributed by atoms with Gasteiger partial charge >= 0.3 is 0 Å². The molecule has 0 aromatic carbocycles. The van der Waals surface area contributed by atoms with Crippen LogP contribution in [-0.4, -0.2) is 27.8 Å². The Morgan fingerprint density at radius 2 is 2.10 bits per heavy atom. The fourth-order valence-electron chi connectivity index (χ4n) is 2.18. The van der Waals surface area contributed by atoms with Gasteiger partial charge in [-0.1, -0.05) is 0 Å². The van der Waals surface area contributed by atoms with Gasteiger partial charge in [0.25, 0.3) is 5.92 Å². The summed E-state index contributed by atoms with van der Waals surface area (Å²) in [6.45, 7) is 0. The van der Waals surface area contributed by atoms with Gasteiger partial charge in [-0.05, 0) is 6.07 Å². The summed E-state index contributed by atoms with van der Waals surface area (Å²) in [5.41, 5.74) is 0.0837. The number of rotatable bonds is 2. The topological polar surface area (TPSA) is 95.7 Å². The molecule has 1 N–H and O–H groups in total. The lowest BCUT2D eigenvalue weighted by Gasteiger charge is -2.12. The van der Waals surface area contributed by atoms with Crippen molar-refractivity contribution in [2.24, 2.45) is 0 Å². The van der Waals surface area contributed by atoms with Gasteiger partial charge in [-0.25, -0.2) is 8.78 Å². The maximum absolute atomic E-state index is 13.2. The number of halogens is 2. The Labute approximate surface area is 117 Å². The lowest BCUT2D eigenvalue weighted by molar-refractivity contribution is -0.125. The summed E-state index contributed by atoms with van der Waals surface area (Å²) in [5.74, 6) is -4.84. The average molecular weight is 290 g/mol. The van der Waals surface area contributed by atoms with Crippen LogP contribution in [0.15, 0.2) is 12.3 Å². The fraction of sp³-hybridized carbons (Fsp3) is 0.308. The lowest BCUT2D eigenvalue weighted by atomic mass is 10.00. The molecule has 1 amide bonds. The SMILES string of the molecule is N#Cc1nnc(C2=CNC(=O)CC2=O)cc1[C@@H]1CC1(F)F. The van der Waals surface area contributed by atoms with Crippen LogP contribution >= 0.6 is 0 Å². The highest BCUT2D eigenvalue weighted by atomic mass is 19.3. The van der Waals surface area contributed by atoms with Crippen LogP contribution in [0.25, 0.3) is 5.57 Å². The predicted octanol–water partition coefficient (Wildman–Crippen LogP) is 0.901. The van der Waals surface area contributed by atoms with E-state index in [9.17, 15) is 18.4 Å². The molecule has 0 bridgehead atoms. The van der Waals surface area contributed by atoms with Crippen molar-refractivity contribution in [1.29, 1.82) is 5.26 Å². The summed E-state index contributed by atoms with van der Waals surface area (Å²) >= 11 is 0. The smallest absolute Gasteiger partial charge is 0.256 e. The molecule has 3 rings (SSSR count).